The zero-order valence-corrected chi connectivity index (χ0v) is 48.7. The largest absolute Gasteiger partial charge is 0.479 e. The van der Waals surface area contributed by atoms with Gasteiger partial charge in [0.05, 0.1) is 6.61 Å². The summed E-state index contributed by atoms with van der Waals surface area (Å²) in [6.07, 6.45) is 54.5. The van der Waals surface area contributed by atoms with Gasteiger partial charge in [0.1, 0.15) is 18.8 Å². The zero-order chi connectivity index (χ0) is 56.1. The van der Waals surface area contributed by atoms with Crippen molar-refractivity contribution in [2.45, 2.75) is 302 Å². The van der Waals surface area contributed by atoms with Crippen LogP contribution in [0.15, 0.2) is 72.9 Å². The highest BCUT2D eigenvalue weighted by atomic mass is 16.7. The molecule has 1 aliphatic heterocycles. The van der Waals surface area contributed by atoms with Gasteiger partial charge in [0, 0.05) is 19.3 Å². The molecule has 1 rings (SSSR count). The summed E-state index contributed by atoms with van der Waals surface area (Å²) in [6, 6.07) is 0. The fourth-order valence-electron chi connectivity index (χ4n) is 9.05. The number of carboxylic acid groups (broad SMARTS) is 1. The van der Waals surface area contributed by atoms with E-state index in [4.69, 9.17) is 23.7 Å². The Morgan fingerprint density at radius 3 is 1.30 bits per heavy atom. The minimum absolute atomic E-state index is 0.0182. The molecule has 1 heterocycles. The number of allylic oxidation sites excluding steroid dienone is 12. The maximum Gasteiger partial charge on any atom is 0.335 e. The molecule has 0 aromatic rings. The third-order valence-electron chi connectivity index (χ3n) is 13.8. The van der Waals surface area contributed by atoms with Crippen molar-refractivity contribution in [1.82, 2.24) is 0 Å². The summed E-state index contributed by atoms with van der Waals surface area (Å²) in [5, 5.41) is 31.5. The third-order valence-corrected chi connectivity index (χ3v) is 13.8. The van der Waals surface area contributed by atoms with Gasteiger partial charge in [-0.05, 0) is 83.5 Å². The second kappa shape index (κ2) is 52.8. The van der Waals surface area contributed by atoms with Crippen LogP contribution >= 0.6 is 0 Å². The third kappa shape index (κ3) is 42.7. The van der Waals surface area contributed by atoms with Crippen molar-refractivity contribution < 1.29 is 58.2 Å². The summed E-state index contributed by atoms with van der Waals surface area (Å²) in [6.45, 7) is 5.86. The molecule has 0 saturated carbocycles. The van der Waals surface area contributed by atoms with Crippen molar-refractivity contribution in [1.29, 1.82) is 0 Å². The second-order valence-electron chi connectivity index (χ2n) is 21.0. The van der Waals surface area contributed by atoms with Crippen LogP contribution in [0.5, 0.6) is 0 Å². The van der Waals surface area contributed by atoms with E-state index < -0.39 is 67.3 Å². The summed E-state index contributed by atoms with van der Waals surface area (Å²) >= 11 is 0. The number of carbonyl (C=O) groups is 4. The smallest absolute Gasteiger partial charge is 0.335 e. The van der Waals surface area contributed by atoms with Gasteiger partial charge in [0.15, 0.2) is 24.6 Å². The Labute approximate surface area is 468 Å². The van der Waals surface area contributed by atoms with Gasteiger partial charge in [-0.1, -0.05) is 235 Å². The molecule has 0 aromatic heterocycles. The average Bonchev–Trinajstić information content (AvgIpc) is 3.42. The van der Waals surface area contributed by atoms with Gasteiger partial charge in [-0.3, -0.25) is 14.4 Å². The lowest BCUT2D eigenvalue weighted by Gasteiger charge is -2.40. The molecule has 0 amide bonds. The van der Waals surface area contributed by atoms with Gasteiger partial charge in [-0.25, -0.2) is 4.79 Å². The molecule has 3 N–H and O–H groups in total. The summed E-state index contributed by atoms with van der Waals surface area (Å²) < 4.78 is 28.4. The van der Waals surface area contributed by atoms with E-state index in [0.29, 0.717) is 25.7 Å². The first-order valence-corrected chi connectivity index (χ1v) is 30.9. The Balaban J connectivity index is 2.67. The van der Waals surface area contributed by atoms with Crippen LogP contribution in [-0.4, -0.2) is 89.2 Å². The van der Waals surface area contributed by atoms with E-state index in [9.17, 15) is 34.5 Å². The molecule has 77 heavy (non-hydrogen) atoms. The quantitative estimate of drug-likeness (QED) is 0.0228. The monoisotopic (exact) mass is 1080 g/mol. The van der Waals surface area contributed by atoms with Crippen molar-refractivity contribution >= 4 is 23.9 Å². The molecular formula is C65H110O12. The van der Waals surface area contributed by atoms with Gasteiger partial charge >= 0.3 is 23.9 Å². The first-order chi connectivity index (χ1) is 37.6. The van der Waals surface area contributed by atoms with Gasteiger partial charge in [-0.2, -0.15) is 0 Å². The van der Waals surface area contributed by atoms with Crippen LogP contribution < -0.4 is 0 Å². The summed E-state index contributed by atoms with van der Waals surface area (Å²) in [4.78, 5) is 51.1. The lowest BCUT2D eigenvalue weighted by molar-refractivity contribution is -0.301. The first-order valence-electron chi connectivity index (χ1n) is 30.9. The van der Waals surface area contributed by atoms with E-state index in [1.54, 1.807) is 0 Å². The molecule has 0 bridgehead atoms. The highest BCUT2D eigenvalue weighted by Gasteiger charge is 2.50. The molecule has 442 valence electrons. The molecule has 1 fully saturated rings. The van der Waals surface area contributed by atoms with Crippen LogP contribution in [0.25, 0.3) is 0 Å². The molecule has 1 saturated heterocycles. The Morgan fingerprint density at radius 1 is 0.442 bits per heavy atom. The first kappa shape index (κ1) is 71.2. The number of carboxylic acids is 1. The number of hydrogen-bond donors (Lipinski definition) is 3. The topological polar surface area (TPSA) is 175 Å². The van der Waals surface area contributed by atoms with Gasteiger partial charge in [0.2, 0.25) is 0 Å². The van der Waals surface area contributed by atoms with Gasteiger partial charge in [0.25, 0.3) is 0 Å². The molecule has 6 atom stereocenters. The molecule has 1 aliphatic rings. The van der Waals surface area contributed by atoms with Gasteiger partial charge < -0.3 is 39.0 Å². The molecule has 0 aliphatic carbocycles. The highest BCUT2D eigenvalue weighted by Crippen LogP contribution is 2.26. The SMILES string of the molecule is CC/C=C\C/C=C\C/C=C\C/C=C\C/C=C\CCCC(=O)OC1C(OCC(COC(=O)CCCCCCCCCCC/C=C\CCCCCCCC)OC(=O)CCCCCCCCCCCCC)OC(C(=O)O)C(O)C1O. The predicted molar refractivity (Wildman–Crippen MR) is 312 cm³/mol. The standard InChI is InChI=1S/C65H110O12/c1-4-7-10-13-16-19-22-24-26-28-29-31-32-34-37-39-42-45-48-51-57(66)73-54-56(75-58(67)52-49-46-43-40-36-21-18-15-12-9-6-3)55-74-65-63(61(70)60(69)62(77-65)64(71)72)76-59(68)53-50-47-44-41-38-35-33-30-27-25-23-20-17-14-11-8-5-2/h8,11,17,20,24-27,33,35,41,44,56,60-63,65,69-70H,4-7,9-10,12-16,18-19,21-23,28-32,34,36-40,42-43,45-55H2,1-3H3,(H,71,72)/b11-8-,20-17-,26-24-,27-25-,35-33-,44-41-. The van der Waals surface area contributed by atoms with Crippen molar-refractivity contribution in [3.8, 4) is 0 Å². The number of aliphatic hydroxyl groups excluding tert-OH is 2. The minimum atomic E-state index is -1.92. The number of aliphatic hydroxyl groups is 2. The lowest BCUT2D eigenvalue weighted by Crippen LogP contribution is -2.61. The molecular weight excluding hydrogens is 973 g/mol. The van der Waals surface area contributed by atoms with E-state index in [0.717, 1.165) is 70.6 Å². The van der Waals surface area contributed by atoms with Crippen LogP contribution in [-0.2, 0) is 42.9 Å². The lowest BCUT2D eigenvalue weighted by atomic mass is 9.98. The van der Waals surface area contributed by atoms with Crippen LogP contribution in [0.3, 0.4) is 0 Å². The summed E-state index contributed by atoms with van der Waals surface area (Å²) in [5.41, 5.74) is 0. The number of unbranched alkanes of at least 4 members (excludes halogenated alkanes) is 26. The number of esters is 3. The Bertz CT molecular complexity index is 1620. The van der Waals surface area contributed by atoms with E-state index in [1.807, 2.05) is 12.2 Å². The number of ether oxygens (including phenoxy) is 5. The predicted octanol–water partition coefficient (Wildman–Crippen LogP) is 16.1. The number of carbonyl (C=O) groups excluding carboxylic acids is 3. The van der Waals surface area contributed by atoms with Crippen molar-refractivity contribution in [2.24, 2.45) is 0 Å². The number of rotatable bonds is 52. The van der Waals surface area contributed by atoms with Crippen LogP contribution in [0, 0.1) is 0 Å². The maximum absolute atomic E-state index is 13.1. The molecule has 0 aromatic carbocycles. The summed E-state index contributed by atoms with van der Waals surface area (Å²) in [7, 11) is 0. The Morgan fingerprint density at radius 2 is 0.831 bits per heavy atom. The number of hydrogen-bond acceptors (Lipinski definition) is 11. The fourth-order valence-corrected chi connectivity index (χ4v) is 9.05. The molecule has 0 radical (unpaired) electrons. The average molecular weight is 1080 g/mol. The van der Waals surface area contributed by atoms with Crippen LogP contribution in [0.2, 0.25) is 0 Å². The van der Waals surface area contributed by atoms with Crippen LogP contribution in [0.1, 0.15) is 265 Å². The van der Waals surface area contributed by atoms with Crippen molar-refractivity contribution in [2.75, 3.05) is 13.2 Å². The van der Waals surface area contributed by atoms with Crippen molar-refractivity contribution in [3.63, 3.8) is 0 Å². The normalized spacial score (nSPS) is 18.5. The minimum Gasteiger partial charge on any atom is -0.479 e. The molecule has 6 unspecified atom stereocenters. The van der Waals surface area contributed by atoms with E-state index in [1.165, 1.54) is 128 Å². The fraction of sp³-hybridized carbons (Fsp3) is 0.754. The van der Waals surface area contributed by atoms with Crippen LogP contribution in [0.4, 0.5) is 0 Å². The van der Waals surface area contributed by atoms with Crippen molar-refractivity contribution in [3.05, 3.63) is 72.9 Å². The Kier molecular flexibility index (Phi) is 48.8. The summed E-state index contributed by atoms with van der Waals surface area (Å²) in [5.74, 6) is -3.19. The number of aliphatic carboxylic acids is 1. The van der Waals surface area contributed by atoms with E-state index >= 15 is 0 Å². The van der Waals surface area contributed by atoms with E-state index in [-0.39, 0.29) is 25.9 Å². The highest BCUT2D eigenvalue weighted by molar-refractivity contribution is 5.74. The molecule has 12 nitrogen and oxygen atoms in total. The Hall–Kier alpha value is -3.84. The molecule has 0 spiro atoms. The zero-order valence-electron chi connectivity index (χ0n) is 48.7. The second-order valence-corrected chi connectivity index (χ2v) is 21.0. The maximum atomic E-state index is 13.1. The van der Waals surface area contributed by atoms with E-state index in [2.05, 4.69) is 81.5 Å². The molecule has 12 heteroatoms. The van der Waals surface area contributed by atoms with Gasteiger partial charge in [-0.15, -0.1) is 0 Å².